The minimum atomic E-state index is -6.07. The summed E-state index contributed by atoms with van der Waals surface area (Å²) in [5.41, 5.74) is -9.17. The Morgan fingerprint density at radius 2 is 1.41 bits per heavy atom. The maximum atomic E-state index is 14.3. The van der Waals surface area contributed by atoms with E-state index in [1.54, 1.807) is 4.72 Å². The van der Waals surface area contributed by atoms with Gasteiger partial charge in [0.25, 0.3) is 0 Å². The predicted octanol–water partition coefficient (Wildman–Crippen LogP) is 0.532. The van der Waals surface area contributed by atoms with E-state index in [0.717, 1.165) is 0 Å². The zero-order valence-electron chi connectivity index (χ0n) is 16.3. The summed E-state index contributed by atoms with van der Waals surface area (Å²) in [5, 5.41) is -5.34. The summed E-state index contributed by atoms with van der Waals surface area (Å²) in [4.78, 5) is 12.1. The Morgan fingerprint density at radius 1 is 0.906 bits per heavy atom. The Balaban J connectivity index is 1.88. The van der Waals surface area contributed by atoms with E-state index in [1.807, 2.05) is 0 Å². The van der Waals surface area contributed by atoms with Crippen LogP contribution in [0.3, 0.4) is 0 Å². The van der Waals surface area contributed by atoms with Crippen LogP contribution in [0.5, 0.6) is 0 Å². The second-order valence-electron chi connectivity index (χ2n) is 8.74. The summed E-state index contributed by atoms with van der Waals surface area (Å²) in [6.07, 6.45) is -0.101. The van der Waals surface area contributed by atoms with Gasteiger partial charge in [-0.15, -0.1) is 4.13 Å². The molecule has 4 bridgehead atoms. The van der Waals surface area contributed by atoms with Crippen molar-refractivity contribution in [3.63, 3.8) is 0 Å². The zero-order chi connectivity index (χ0) is 24.6. The van der Waals surface area contributed by atoms with Gasteiger partial charge in [-0.2, -0.15) is 22.0 Å². The van der Waals surface area contributed by atoms with Crippen LogP contribution in [0.4, 0.5) is 22.0 Å². The fourth-order valence-corrected chi connectivity index (χ4v) is 8.58. The summed E-state index contributed by atoms with van der Waals surface area (Å²) in [6, 6.07) is 0. The van der Waals surface area contributed by atoms with Crippen molar-refractivity contribution in [2.24, 2.45) is 11.8 Å². The molecule has 0 aromatic carbocycles. The summed E-state index contributed by atoms with van der Waals surface area (Å²) in [6.45, 7) is 0. The molecule has 2 atom stereocenters. The second-order valence-corrected chi connectivity index (χ2v) is 14.1. The van der Waals surface area contributed by atoms with Gasteiger partial charge >= 0.3 is 36.8 Å². The first kappa shape index (κ1) is 25.5. The van der Waals surface area contributed by atoms with Gasteiger partial charge in [0, 0.05) is 12.0 Å². The maximum Gasteiger partial charge on any atom is 0.511 e. The zero-order valence-corrected chi connectivity index (χ0v) is 18.7. The average Bonchev–Trinajstić information content (AvgIpc) is 2.47. The second kappa shape index (κ2) is 7.19. The molecule has 4 aliphatic rings. The van der Waals surface area contributed by atoms with Crippen LogP contribution >= 0.6 is 0 Å². The third-order valence-corrected chi connectivity index (χ3v) is 10.0. The third-order valence-electron chi connectivity index (χ3n) is 5.81. The highest BCUT2D eigenvalue weighted by molar-refractivity contribution is 8.05. The Kier molecular flexibility index (Phi) is 5.73. The van der Waals surface area contributed by atoms with E-state index in [2.05, 4.69) is 0 Å². The molecule has 10 nitrogen and oxygen atoms in total. The minimum absolute atomic E-state index is 0.0393. The lowest BCUT2D eigenvalue weighted by Crippen LogP contribution is -2.67. The fourth-order valence-electron chi connectivity index (χ4n) is 5.38. The van der Waals surface area contributed by atoms with Crippen molar-refractivity contribution >= 4 is 36.0 Å². The van der Waals surface area contributed by atoms with E-state index >= 15 is 0 Å². The first-order valence-electron chi connectivity index (χ1n) is 9.06. The van der Waals surface area contributed by atoms with Crippen molar-refractivity contribution in [3.8, 4) is 0 Å². The Morgan fingerprint density at radius 3 is 1.84 bits per heavy atom. The van der Waals surface area contributed by atoms with Crippen molar-refractivity contribution in [1.29, 1.82) is 0 Å². The minimum Gasteiger partial charge on any atom is -0.454 e. The molecule has 4 rings (SSSR count). The number of ether oxygens (including phenoxy) is 1. The van der Waals surface area contributed by atoms with Crippen LogP contribution in [0.15, 0.2) is 0 Å². The van der Waals surface area contributed by atoms with E-state index in [9.17, 15) is 52.0 Å². The first-order valence-corrected chi connectivity index (χ1v) is 13.9. The first-order chi connectivity index (χ1) is 14.1. The van der Waals surface area contributed by atoms with E-state index in [4.69, 9.17) is 4.74 Å². The molecule has 0 radical (unpaired) electrons. The number of carbonyl (C=O) groups is 1. The van der Waals surface area contributed by atoms with Gasteiger partial charge in [0.1, 0.15) is 5.60 Å². The Bertz CT molecular complexity index is 1120. The molecule has 0 aliphatic heterocycles. The molecule has 18 heteroatoms. The molecule has 186 valence electrons. The molecule has 2 N–H and O–H groups in total. The van der Waals surface area contributed by atoms with Gasteiger partial charge < -0.3 is 4.74 Å². The van der Waals surface area contributed by atoms with Crippen LogP contribution in [-0.2, 0) is 39.6 Å². The molecule has 2 unspecified atom stereocenters. The van der Waals surface area contributed by atoms with Gasteiger partial charge in [-0.1, -0.05) is 0 Å². The van der Waals surface area contributed by atoms with Crippen LogP contribution < -0.4 is 8.85 Å². The molecule has 4 fully saturated rings. The van der Waals surface area contributed by atoms with Crippen molar-refractivity contribution in [2.45, 2.75) is 60.4 Å². The molecule has 0 heterocycles. The van der Waals surface area contributed by atoms with Crippen LogP contribution in [0.25, 0.3) is 0 Å². The van der Waals surface area contributed by atoms with Gasteiger partial charge in [-0.3, -0.25) is 0 Å². The number of hydrogen-bond acceptors (Lipinski definition) is 8. The number of carbonyl (C=O) groups excluding carboxylic acids is 1. The lowest BCUT2D eigenvalue weighted by Gasteiger charge is -2.61. The van der Waals surface area contributed by atoms with E-state index < -0.39 is 76.2 Å². The van der Waals surface area contributed by atoms with E-state index in [1.165, 1.54) is 0 Å². The third kappa shape index (κ3) is 4.60. The van der Waals surface area contributed by atoms with Gasteiger partial charge in [-0.25, -0.2) is 34.8 Å². The summed E-state index contributed by atoms with van der Waals surface area (Å²) >= 11 is 0. The molecule has 0 saturated heterocycles. The molecular weight excluding hydrogens is 515 g/mol. The van der Waals surface area contributed by atoms with Crippen LogP contribution in [0.1, 0.15) is 38.5 Å². The van der Waals surface area contributed by atoms with E-state index in [0.29, 0.717) is 10.5 Å². The number of halogens is 5. The van der Waals surface area contributed by atoms with Gasteiger partial charge in [0.05, 0.1) is 6.26 Å². The predicted molar refractivity (Wildman–Crippen MR) is 96.2 cm³/mol. The van der Waals surface area contributed by atoms with Crippen molar-refractivity contribution in [3.05, 3.63) is 0 Å². The lowest BCUT2D eigenvalue weighted by molar-refractivity contribution is -0.204. The fraction of sp³-hybridized carbons (Fsp3) is 0.929. The topological polar surface area (TPSA) is 153 Å². The summed E-state index contributed by atoms with van der Waals surface area (Å²) in [7, 11) is -16.6. The summed E-state index contributed by atoms with van der Waals surface area (Å²) in [5.74, 6) is -3.52. The maximum absolute atomic E-state index is 14.3. The molecule has 4 aliphatic carbocycles. The molecule has 0 aromatic rings. The Labute approximate surface area is 180 Å². The van der Waals surface area contributed by atoms with Crippen LogP contribution in [0.2, 0.25) is 0 Å². The number of nitrogens with one attached hydrogen (secondary N) is 2. The number of rotatable bonds is 7. The van der Waals surface area contributed by atoms with Crippen LogP contribution in [0, 0.1) is 11.8 Å². The summed E-state index contributed by atoms with van der Waals surface area (Å²) < 4.78 is 143. The van der Waals surface area contributed by atoms with Gasteiger partial charge in [0.2, 0.25) is 10.0 Å². The average molecular weight is 535 g/mol. The smallest absolute Gasteiger partial charge is 0.454 e. The molecule has 32 heavy (non-hydrogen) atoms. The standard InChI is InChI=1S/C14H19F5N2O8S3/c1-30(23,24)21-31(25,26)13(15,16)10(22)29-12-5-8-2-9(6-12)4-11(3-8,7-12)20-32(27,28)14(17,18)19/h8-9,20-21H,2-7H2,1H3. The van der Waals surface area contributed by atoms with E-state index in [-0.39, 0.29) is 31.9 Å². The van der Waals surface area contributed by atoms with Crippen LogP contribution in [-0.4, -0.2) is 59.4 Å². The molecule has 0 aromatic heterocycles. The molecule has 0 amide bonds. The largest absolute Gasteiger partial charge is 0.511 e. The molecule has 0 spiro atoms. The highest BCUT2D eigenvalue weighted by Gasteiger charge is 2.65. The Hall–Kier alpha value is -1.11. The lowest BCUT2D eigenvalue weighted by atomic mass is 9.51. The number of hydrogen-bond donors (Lipinski definition) is 2. The highest BCUT2D eigenvalue weighted by atomic mass is 32.3. The SMILES string of the molecule is CS(=O)(=O)NS(=O)(=O)C(F)(F)C(=O)OC12CC3CC(CC(NS(=O)(=O)C(F)(F)F)(C3)C1)C2. The normalized spacial score (nSPS) is 33.3. The number of esters is 1. The van der Waals surface area contributed by atoms with Crippen molar-refractivity contribution in [2.75, 3.05) is 6.26 Å². The highest BCUT2D eigenvalue weighted by Crippen LogP contribution is 2.59. The molecule has 4 saturated carbocycles. The monoisotopic (exact) mass is 534 g/mol. The van der Waals surface area contributed by atoms with Crippen molar-refractivity contribution in [1.82, 2.24) is 8.85 Å². The number of sulfonamides is 3. The quantitative estimate of drug-likeness (QED) is 0.354. The molecular formula is C14H19F5N2O8S3. The number of alkyl halides is 5. The van der Waals surface area contributed by atoms with Gasteiger partial charge in [-0.05, 0) is 43.9 Å². The van der Waals surface area contributed by atoms with Crippen molar-refractivity contribution < 1.29 is 56.7 Å². The van der Waals surface area contributed by atoms with Gasteiger partial charge in [0.15, 0.2) is 0 Å².